The molecule has 76 valence electrons. The number of carboxylic acid groups (broad SMARTS) is 1. The fourth-order valence-electron chi connectivity index (χ4n) is 1.98. The second-order valence-electron chi connectivity index (χ2n) is 4.13. The van der Waals surface area contributed by atoms with Crippen LogP contribution >= 0.6 is 0 Å². The summed E-state index contributed by atoms with van der Waals surface area (Å²) in [5.74, 6) is 0.960. The highest BCUT2D eigenvalue weighted by atomic mass is 16.4. The van der Waals surface area contributed by atoms with Crippen molar-refractivity contribution in [1.29, 1.82) is 0 Å². The first kappa shape index (κ1) is 9.31. The maximum atomic E-state index is 11.1. The van der Waals surface area contributed by atoms with Gasteiger partial charge in [0.1, 0.15) is 11.5 Å². The highest BCUT2D eigenvalue weighted by Gasteiger charge is 2.44. The fourth-order valence-corrected chi connectivity index (χ4v) is 1.98. The minimum absolute atomic E-state index is 0.537. The molecule has 0 radical (unpaired) electrons. The topological polar surface area (TPSA) is 50.4 Å². The minimum atomic E-state index is -0.683. The second kappa shape index (κ2) is 3.15. The van der Waals surface area contributed by atoms with Crippen molar-refractivity contribution in [3.05, 3.63) is 23.7 Å². The lowest BCUT2D eigenvalue weighted by molar-refractivity contribution is -0.154. The van der Waals surface area contributed by atoms with Crippen molar-refractivity contribution in [2.24, 2.45) is 5.41 Å². The van der Waals surface area contributed by atoms with E-state index in [9.17, 15) is 4.79 Å². The van der Waals surface area contributed by atoms with Gasteiger partial charge in [-0.25, -0.2) is 0 Å². The Hall–Kier alpha value is -1.25. The van der Waals surface area contributed by atoms with Crippen molar-refractivity contribution in [2.45, 2.75) is 32.6 Å². The zero-order valence-electron chi connectivity index (χ0n) is 8.25. The largest absolute Gasteiger partial charge is 0.481 e. The number of aryl methyl sites for hydroxylation is 1. The van der Waals surface area contributed by atoms with Crippen LogP contribution in [0.15, 0.2) is 16.5 Å². The monoisotopic (exact) mass is 194 g/mol. The van der Waals surface area contributed by atoms with Gasteiger partial charge in [-0.3, -0.25) is 4.79 Å². The molecule has 1 fully saturated rings. The first-order chi connectivity index (χ1) is 6.62. The Morgan fingerprint density at radius 2 is 2.29 bits per heavy atom. The van der Waals surface area contributed by atoms with Crippen molar-refractivity contribution in [3.8, 4) is 0 Å². The van der Waals surface area contributed by atoms with Crippen molar-refractivity contribution < 1.29 is 14.3 Å². The maximum absolute atomic E-state index is 11.1. The molecule has 0 atom stereocenters. The molecule has 3 heteroatoms. The Labute approximate surface area is 82.7 Å². The predicted molar refractivity (Wildman–Crippen MR) is 51.1 cm³/mol. The molecule has 0 saturated heterocycles. The highest BCUT2D eigenvalue weighted by Crippen LogP contribution is 2.44. The molecule has 1 saturated carbocycles. The predicted octanol–water partition coefficient (Wildman–Crippen LogP) is 2.39. The van der Waals surface area contributed by atoms with Crippen LogP contribution < -0.4 is 0 Å². The molecule has 1 aromatic heterocycles. The van der Waals surface area contributed by atoms with Crippen molar-refractivity contribution in [1.82, 2.24) is 0 Å². The first-order valence-electron chi connectivity index (χ1n) is 4.91. The normalized spacial score (nSPS) is 18.9. The molecule has 3 nitrogen and oxygen atoms in total. The van der Waals surface area contributed by atoms with Gasteiger partial charge in [0.25, 0.3) is 0 Å². The molecule has 2 rings (SSSR count). The van der Waals surface area contributed by atoms with E-state index < -0.39 is 11.4 Å². The van der Waals surface area contributed by atoms with Gasteiger partial charge in [0.05, 0.1) is 5.41 Å². The van der Waals surface area contributed by atoms with Crippen LogP contribution in [0.4, 0.5) is 0 Å². The Balaban J connectivity index is 2.12. The lowest BCUT2D eigenvalue weighted by atomic mass is 9.66. The molecule has 1 N–H and O–H groups in total. The summed E-state index contributed by atoms with van der Waals surface area (Å²) in [5.41, 5.74) is -0.537. The zero-order valence-corrected chi connectivity index (χ0v) is 8.25. The number of carboxylic acids is 1. The molecule has 0 bridgehead atoms. The summed E-state index contributed by atoms with van der Waals surface area (Å²) in [6, 6.07) is 3.75. The molecule has 1 aliphatic carbocycles. The lowest BCUT2D eigenvalue weighted by Crippen LogP contribution is -2.39. The molecule has 0 aliphatic heterocycles. The molecule has 0 unspecified atom stereocenters. The molecular weight excluding hydrogens is 180 g/mol. The Bertz CT molecular complexity index is 347. The van der Waals surface area contributed by atoms with Crippen LogP contribution in [-0.4, -0.2) is 11.1 Å². The Morgan fingerprint density at radius 3 is 2.64 bits per heavy atom. The van der Waals surface area contributed by atoms with Crippen LogP contribution in [0.5, 0.6) is 0 Å². The van der Waals surface area contributed by atoms with E-state index >= 15 is 0 Å². The van der Waals surface area contributed by atoms with Gasteiger partial charge in [0.2, 0.25) is 0 Å². The number of carbonyl (C=O) groups is 1. The van der Waals surface area contributed by atoms with E-state index in [0.717, 1.165) is 30.8 Å². The number of rotatable bonds is 3. The van der Waals surface area contributed by atoms with Gasteiger partial charge in [-0.1, -0.05) is 6.42 Å². The molecule has 0 aromatic carbocycles. The van der Waals surface area contributed by atoms with Crippen molar-refractivity contribution in [2.75, 3.05) is 0 Å². The quantitative estimate of drug-likeness (QED) is 0.803. The van der Waals surface area contributed by atoms with Gasteiger partial charge in [-0.2, -0.15) is 0 Å². The minimum Gasteiger partial charge on any atom is -0.481 e. The summed E-state index contributed by atoms with van der Waals surface area (Å²) in [4.78, 5) is 11.1. The molecular formula is C11H14O3. The summed E-state index contributed by atoms with van der Waals surface area (Å²) in [5, 5.41) is 9.11. The van der Waals surface area contributed by atoms with Gasteiger partial charge in [-0.05, 0) is 31.9 Å². The van der Waals surface area contributed by atoms with Gasteiger partial charge in [-0.15, -0.1) is 0 Å². The number of aliphatic carboxylic acids is 1. The van der Waals surface area contributed by atoms with Gasteiger partial charge in [0, 0.05) is 6.42 Å². The maximum Gasteiger partial charge on any atom is 0.310 e. The van der Waals surface area contributed by atoms with E-state index in [1.54, 1.807) is 0 Å². The van der Waals surface area contributed by atoms with Crippen LogP contribution in [0.3, 0.4) is 0 Å². The lowest BCUT2D eigenvalue weighted by Gasteiger charge is -2.36. The summed E-state index contributed by atoms with van der Waals surface area (Å²) in [6.07, 6.45) is 3.12. The molecule has 0 amide bonds. The molecule has 1 aromatic rings. The van der Waals surface area contributed by atoms with E-state index in [1.165, 1.54) is 0 Å². The van der Waals surface area contributed by atoms with Crippen LogP contribution in [0.25, 0.3) is 0 Å². The summed E-state index contributed by atoms with van der Waals surface area (Å²) < 4.78 is 5.40. The van der Waals surface area contributed by atoms with E-state index in [4.69, 9.17) is 9.52 Å². The van der Waals surface area contributed by atoms with Crippen LogP contribution in [0.2, 0.25) is 0 Å². The average Bonchev–Trinajstić information content (AvgIpc) is 2.43. The smallest absolute Gasteiger partial charge is 0.310 e. The van der Waals surface area contributed by atoms with E-state index in [1.807, 2.05) is 19.1 Å². The standard InChI is InChI=1S/C11H14O3/c1-8-3-4-9(14-8)7-11(10(12)13)5-2-6-11/h3-4H,2,5-7H2,1H3,(H,12,13). The van der Waals surface area contributed by atoms with Crippen LogP contribution in [0.1, 0.15) is 30.8 Å². The van der Waals surface area contributed by atoms with Gasteiger partial charge in [0.15, 0.2) is 0 Å². The Kier molecular flexibility index (Phi) is 2.10. The number of furan rings is 1. The average molecular weight is 194 g/mol. The highest BCUT2D eigenvalue weighted by molar-refractivity contribution is 5.76. The zero-order chi connectivity index (χ0) is 10.2. The molecule has 1 aliphatic rings. The molecule has 0 spiro atoms. The van der Waals surface area contributed by atoms with Crippen LogP contribution in [0, 0.1) is 12.3 Å². The van der Waals surface area contributed by atoms with Gasteiger partial charge < -0.3 is 9.52 Å². The summed E-state index contributed by atoms with van der Waals surface area (Å²) in [7, 11) is 0. The first-order valence-corrected chi connectivity index (χ1v) is 4.91. The summed E-state index contributed by atoms with van der Waals surface area (Å²) in [6.45, 7) is 1.87. The third kappa shape index (κ3) is 1.43. The Morgan fingerprint density at radius 1 is 1.57 bits per heavy atom. The van der Waals surface area contributed by atoms with Crippen LogP contribution in [-0.2, 0) is 11.2 Å². The van der Waals surface area contributed by atoms with E-state index in [-0.39, 0.29) is 0 Å². The van der Waals surface area contributed by atoms with Crippen molar-refractivity contribution >= 4 is 5.97 Å². The van der Waals surface area contributed by atoms with E-state index in [0.29, 0.717) is 6.42 Å². The summed E-state index contributed by atoms with van der Waals surface area (Å²) >= 11 is 0. The number of hydrogen-bond donors (Lipinski definition) is 1. The van der Waals surface area contributed by atoms with Gasteiger partial charge >= 0.3 is 5.97 Å². The fraction of sp³-hybridized carbons (Fsp3) is 0.545. The number of hydrogen-bond acceptors (Lipinski definition) is 2. The molecule has 14 heavy (non-hydrogen) atoms. The third-order valence-electron chi connectivity index (χ3n) is 3.07. The second-order valence-corrected chi connectivity index (χ2v) is 4.13. The van der Waals surface area contributed by atoms with Crippen molar-refractivity contribution in [3.63, 3.8) is 0 Å². The SMILES string of the molecule is Cc1ccc(CC2(C(=O)O)CCC2)o1. The third-order valence-corrected chi connectivity index (χ3v) is 3.07. The van der Waals surface area contributed by atoms with E-state index in [2.05, 4.69) is 0 Å². The molecule has 1 heterocycles.